The first-order valence-corrected chi connectivity index (χ1v) is 11.9. The predicted molar refractivity (Wildman–Crippen MR) is 134 cm³/mol. The minimum Gasteiger partial charge on any atom is -0.484 e. The third-order valence-electron chi connectivity index (χ3n) is 6.31. The van der Waals surface area contributed by atoms with Crippen LogP contribution in [0, 0.1) is 0 Å². The van der Waals surface area contributed by atoms with Crippen LogP contribution in [0.5, 0.6) is 5.75 Å². The molecule has 7 heteroatoms. The molecule has 0 saturated heterocycles. The molecule has 7 nitrogen and oxygen atoms in total. The lowest BCUT2D eigenvalue weighted by Crippen LogP contribution is -2.39. The first-order valence-electron chi connectivity index (χ1n) is 11.9. The number of rotatable bonds is 7. The highest BCUT2D eigenvalue weighted by Gasteiger charge is 2.30. The standard InChI is InChI=1S/C29H27N3O4/c1-20(33)32-15-14-22-12-13-24(16-25(22)28(32)23-10-6-3-7-11-23)35-19-27-31-26(18-36-27)29(34)30-17-21-8-4-2-5-9-21/h2-13,16,18,28H,14-15,17,19H2,1H3,(H,30,34). The Hall–Kier alpha value is -4.39. The lowest BCUT2D eigenvalue weighted by Gasteiger charge is -2.37. The summed E-state index contributed by atoms with van der Waals surface area (Å²) in [5.74, 6) is 0.687. The largest absolute Gasteiger partial charge is 0.484 e. The zero-order chi connectivity index (χ0) is 24.9. The van der Waals surface area contributed by atoms with Crippen LogP contribution >= 0.6 is 0 Å². The Bertz CT molecular complexity index is 1350. The molecule has 4 aromatic rings. The quantitative estimate of drug-likeness (QED) is 0.414. The number of oxazole rings is 1. The van der Waals surface area contributed by atoms with E-state index < -0.39 is 0 Å². The second-order valence-electron chi connectivity index (χ2n) is 8.72. The summed E-state index contributed by atoms with van der Waals surface area (Å²) in [6.07, 6.45) is 2.13. The van der Waals surface area contributed by atoms with Crippen molar-refractivity contribution < 1.29 is 18.7 Å². The summed E-state index contributed by atoms with van der Waals surface area (Å²) in [4.78, 5) is 31.0. The number of carbonyl (C=O) groups excluding carboxylic acids is 2. The highest BCUT2D eigenvalue weighted by atomic mass is 16.5. The molecule has 1 N–H and O–H groups in total. The van der Waals surface area contributed by atoms with Crippen LogP contribution in [0.1, 0.15) is 51.6 Å². The van der Waals surface area contributed by atoms with Crippen molar-refractivity contribution in [3.05, 3.63) is 119 Å². The van der Waals surface area contributed by atoms with Gasteiger partial charge in [0.25, 0.3) is 5.91 Å². The van der Waals surface area contributed by atoms with Crippen LogP contribution in [-0.4, -0.2) is 28.2 Å². The summed E-state index contributed by atoms with van der Waals surface area (Å²) in [7, 11) is 0. The number of fused-ring (bicyclic) bond motifs is 1. The first-order chi connectivity index (χ1) is 17.6. The summed E-state index contributed by atoms with van der Waals surface area (Å²) in [6, 6.07) is 25.5. The van der Waals surface area contributed by atoms with Gasteiger partial charge in [0.1, 0.15) is 12.0 Å². The van der Waals surface area contributed by atoms with Crippen molar-refractivity contribution in [1.82, 2.24) is 15.2 Å². The predicted octanol–water partition coefficient (Wildman–Crippen LogP) is 4.68. The summed E-state index contributed by atoms with van der Waals surface area (Å²) < 4.78 is 11.4. The van der Waals surface area contributed by atoms with Crippen LogP contribution < -0.4 is 10.1 Å². The first kappa shape index (κ1) is 23.4. The van der Waals surface area contributed by atoms with Crippen LogP contribution in [0.2, 0.25) is 0 Å². The van der Waals surface area contributed by atoms with Gasteiger partial charge in [-0.25, -0.2) is 4.98 Å². The number of nitrogens with one attached hydrogen (secondary N) is 1. The third-order valence-corrected chi connectivity index (χ3v) is 6.31. The molecule has 2 amide bonds. The maximum Gasteiger partial charge on any atom is 0.273 e. The lowest BCUT2D eigenvalue weighted by atomic mass is 9.88. The van der Waals surface area contributed by atoms with Gasteiger partial charge < -0.3 is 19.4 Å². The van der Waals surface area contributed by atoms with Crippen LogP contribution in [0.25, 0.3) is 0 Å². The van der Waals surface area contributed by atoms with E-state index in [0.29, 0.717) is 24.7 Å². The number of ether oxygens (including phenoxy) is 1. The van der Waals surface area contributed by atoms with Gasteiger partial charge in [-0.05, 0) is 40.8 Å². The lowest BCUT2D eigenvalue weighted by molar-refractivity contribution is -0.130. The molecule has 0 fully saturated rings. The van der Waals surface area contributed by atoms with Gasteiger partial charge in [-0.1, -0.05) is 66.7 Å². The summed E-state index contributed by atoms with van der Waals surface area (Å²) >= 11 is 0. The summed E-state index contributed by atoms with van der Waals surface area (Å²) in [6.45, 7) is 2.77. The van der Waals surface area contributed by atoms with E-state index in [2.05, 4.69) is 16.4 Å². The molecule has 182 valence electrons. The Morgan fingerprint density at radius 3 is 2.56 bits per heavy atom. The average molecular weight is 482 g/mol. The number of hydrogen-bond acceptors (Lipinski definition) is 5. The SMILES string of the molecule is CC(=O)N1CCc2ccc(OCc3nc(C(=O)NCc4ccccc4)co3)cc2C1c1ccccc1. The number of hydrogen-bond donors (Lipinski definition) is 1. The molecule has 1 aliphatic heterocycles. The number of amides is 2. The highest BCUT2D eigenvalue weighted by Crippen LogP contribution is 2.37. The molecule has 0 saturated carbocycles. The molecule has 1 aliphatic rings. The van der Waals surface area contributed by atoms with E-state index in [0.717, 1.165) is 23.1 Å². The number of nitrogens with zero attached hydrogens (tertiary/aromatic N) is 2. The van der Waals surface area contributed by atoms with E-state index in [4.69, 9.17) is 9.15 Å². The van der Waals surface area contributed by atoms with E-state index in [-0.39, 0.29) is 30.2 Å². The van der Waals surface area contributed by atoms with E-state index in [1.807, 2.05) is 77.7 Å². The van der Waals surface area contributed by atoms with Gasteiger partial charge in [-0.2, -0.15) is 0 Å². The van der Waals surface area contributed by atoms with Gasteiger partial charge in [0.15, 0.2) is 12.3 Å². The van der Waals surface area contributed by atoms with Crippen LogP contribution in [0.3, 0.4) is 0 Å². The minimum absolute atomic E-state index is 0.0404. The number of aromatic nitrogens is 1. The molecule has 0 spiro atoms. The van der Waals surface area contributed by atoms with Gasteiger partial charge in [-0.3, -0.25) is 9.59 Å². The molecule has 36 heavy (non-hydrogen) atoms. The molecule has 5 rings (SSSR count). The van der Waals surface area contributed by atoms with Crippen molar-refractivity contribution in [1.29, 1.82) is 0 Å². The van der Waals surface area contributed by atoms with E-state index >= 15 is 0 Å². The maximum absolute atomic E-state index is 12.4. The minimum atomic E-state index is -0.308. The Kier molecular flexibility index (Phi) is 6.80. The molecule has 1 atom stereocenters. The normalized spacial score (nSPS) is 14.7. The summed E-state index contributed by atoms with van der Waals surface area (Å²) in [5.41, 5.74) is 4.51. The topological polar surface area (TPSA) is 84.7 Å². The molecule has 0 bridgehead atoms. The Morgan fingerprint density at radius 1 is 1.06 bits per heavy atom. The zero-order valence-electron chi connectivity index (χ0n) is 20.0. The van der Waals surface area contributed by atoms with Gasteiger partial charge in [0.05, 0.1) is 6.04 Å². The van der Waals surface area contributed by atoms with E-state index in [1.54, 1.807) is 6.92 Å². The number of benzene rings is 3. The maximum atomic E-state index is 12.4. The molecule has 0 aliphatic carbocycles. The fourth-order valence-corrected chi connectivity index (χ4v) is 4.51. The molecule has 3 aromatic carbocycles. The van der Waals surface area contributed by atoms with Gasteiger partial charge in [-0.15, -0.1) is 0 Å². The Morgan fingerprint density at radius 2 is 1.81 bits per heavy atom. The smallest absolute Gasteiger partial charge is 0.273 e. The molecule has 1 aromatic heterocycles. The zero-order valence-corrected chi connectivity index (χ0v) is 20.0. The number of carbonyl (C=O) groups is 2. The second kappa shape index (κ2) is 10.5. The monoisotopic (exact) mass is 481 g/mol. The van der Waals surface area contributed by atoms with Crippen molar-refractivity contribution in [2.24, 2.45) is 0 Å². The molecule has 1 unspecified atom stereocenters. The second-order valence-corrected chi connectivity index (χ2v) is 8.72. The van der Waals surface area contributed by atoms with Crippen molar-refractivity contribution >= 4 is 11.8 Å². The van der Waals surface area contributed by atoms with Crippen molar-refractivity contribution in [3.8, 4) is 5.75 Å². The molecular formula is C29H27N3O4. The molecule has 0 radical (unpaired) electrons. The summed E-state index contributed by atoms with van der Waals surface area (Å²) in [5, 5.41) is 2.84. The highest BCUT2D eigenvalue weighted by molar-refractivity contribution is 5.91. The Balaban J connectivity index is 1.28. The fraction of sp³-hybridized carbons (Fsp3) is 0.207. The van der Waals surface area contributed by atoms with Crippen LogP contribution in [-0.2, 0) is 24.4 Å². The van der Waals surface area contributed by atoms with Gasteiger partial charge in [0, 0.05) is 20.0 Å². The third kappa shape index (κ3) is 5.15. The van der Waals surface area contributed by atoms with E-state index in [1.165, 1.54) is 11.8 Å². The fourth-order valence-electron chi connectivity index (χ4n) is 4.51. The van der Waals surface area contributed by atoms with Crippen molar-refractivity contribution in [2.75, 3.05) is 6.54 Å². The van der Waals surface area contributed by atoms with Crippen LogP contribution in [0.15, 0.2) is 89.5 Å². The molecular weight excluding hydrogens is 454 g/mol. The van der Waals surface area contributed by atoms with E-state index in [9.17, 15) is 9.59 Å². The average Bonchev–Trinajstić information content (AvgIpc) is 3.40. The molecule has 2 heterocycles. The van der Waals surface area contributed by atoms with Crippen molar-refractivity contribution in [2.45, 2.75) is 32.5 Å². The Labute approximate surface area is 209 Å². The van der Waals surface area contributed by atoms with Crippen LogP contribution in [0.4, 0.5) is 0 Å². The van der Waals surface area contributed by atoms with Crippen molar-refractivity contribution in [3.63, 3.8) is 0 Å². The van der Waals surface area contributed by atoms with Gasteiger partial charge in [0.2, 0.25) is 11.8 Å². The van der Waals surface area contributed by atoms with Gasteiger partial charge >= 0.3 is 0 Å².